The largest absolute Gasteiger partial charge is 0.496 e. The molecule has 2 rings (SSSR count). The summed E-state index contributed by atoms with van der Waals surface area (Å²) >= 11 is 1.69. The van der Waals surface area contributed by atoms with Crippen molar-refractivity contribution in [2.75, 3.05) is 12.8 Å². The van der Waals surface area contributed by atoms with Crippen molar-refractivity contribution in [3.8, 4) is 5.75 Å². The maximum Gasteiger partial charge on any atom is 0.255 e. The van der Waals surface area contributed by atoms with Crippen LogP contribution in [0.2, 0.25) is 0 Å². The highest BCUT2D eigenvalue weighted by Crippen LogP contribution is 2.21. The van der Waals surface area contributed by atoms with E-state index in [0.717, 1.165) is 6.42 Å². The van der Waals surface area contributed by atoms with E-state index in [1.807, 2.05) is 18.4 Å². The molecule has 20 heavy (non-hydrogen) atoms. The molecule has 0 fully saturated rings. The molecule has 0 spiro atoms. The standard InChI is InChI=1S/C15H18N2O2S/c1-10(8-12-4-3-7-20-12)17-15(18)13-9-11(16)5-6-14(13)19-2/h3-7,9-10H,8,16H2,1-2H3,(H,17,18). The number of rotatable bonds is 5. The van der Waals surface area contributed by atoms with Crippen LogP contribution in [0.4, 0.5) is 5.69 Å². The van der Waals surface area contributed by atoms with Gasteiger partial charge in [-0.3, -0.25) is 4.79 Å². The van der Waals surface area contributed by atoms with Gasteiger partial charge in [-0.25, -0.2) is 0 Å². The Morgan fingerprint density at radius 1 is 1.45 bits per heavy atom. The van der Waals surface area contributed by atoms with E-state index in [-0.39, 0.29) is 11.9 Å². The molecule has 106 valence electrons. The van der Waals surface area contributed by atoms with E-state index in [2.05, 4.69) is 11.4 Å². The third-order valence-electron chi connectivity index (χ3n) is 2.93. The highest BCUT2D eigenvalue weighted by Gasteiger charge is 2.15. The van der Waals surface area contributed by atoms with Crippen LogP contribution < -0.4 is 15.8 Å². The molecule has 4 nitrogen and oxygen atoms in total. The lowest BCUT2D eigenvalue weighted by atomic mass is 10.1. The second-order valence-electron chi connectivity index (χ2n) is 4.62. The first-order valence-corrected chi connectivity index (χ1v) is 7.25. The van der Waals surface area contributed by atoms with Crippen LogP contribution in [-0.4, -0.2) is 19.1 Å². The van der Waals surface area contributed by atoms with Gasteiger partial charge in [0.25, 0.3) is 5.91 Å². The number of hydrogen-bond acceptors (Lipinski definition) is 4. The molecule has 0 saturated heterocycles. The molecule has 0 aliphatic rings. The van der Waals surface area contributed by atoms with Crippen molar-refractivity contribution in [3.05, 3.63) is 46.2 Å². The number of nitrogens with two attached hydrogens (primary N) is 1. The molecule has 1 atom stereocenters. The fourth-order valence-electron chi connectivity index (χ4n) is 1.99. The zero-order valence-electron chi connectivity index (χ0n) is 11.6. The fourth-order valence-corrected chi connectivity index (χ4v) is 2.82. The second kappa shape index (κ2) is 6.43. The molecular weight excluding hydrogens is 272 g/mol. The van der Waals surface area contributed by atoms with E-state index in [4.69, 9.17) is 10.5 Å². The van der Waals surface area contributed by atoms with Gasteiger partial charge in [-0.15, -0.1) is 11.3 Å². The van der Waals surface area contributed by atoms with Gasteiger partial charge < -0.3 is 15.8 Å². The fraction of sp³-hybridized carbons (Fsp3) is 0.267. The molecule has 0 aliphatic heterocycles. The van der Waals surface area contributed by atoms with Crippen LogP contribution in [0, 0.1) is 0 Å². The van der Waals surface area contributed by atoms with Crippen molar-refractivity contribution < 1.29 is 9.53 Å². The number of amides is 1. The molecule has 0 saturated carbocycles. The monoisotopic (exact) mass is 290 g/mol. The molecule has 1 aromatic heterocycles. The average molecular weight is 290 g/mol. The number of nitrogen functional groups attached to an aromatic ring is 1. The van der Waals surface area contributed by atoms with Gasteiger partial charge in [-0.2, -0.15) is 0 Å². The van der Waals surface area contributed by atoms with Crippen molar-refractivity contribution in [2.24, 2.45) is 0 Å². The maximum atomic E-state index is 12.3. The maximum absolute atomic E-state index is 12.3. The molecule has 0 radical (unpaired) electrons. The molecule has 3 N–H and O–H groups in total. The topological polar surface area (TPSA) is 64.3 Å². The number of carbonyl (C=O) groups is 1. The summed E-state index contributed by atoms with van der Waals surface area (Å²) in [6.45, 7) is 1.98. The highest BCUT2D eigenvalue weighted by molar-refractivity contribution is 7.09. The Labute approximate surface area is 122 Å². The van der Waals surface area contributed by atoms with Gasteiger partial charge in [-0.1, -0.05) is 6.07 Å². The Kier molecular flexibility index (Phi) is 4.63. The predicted octanol–water partition coefficient (Wildman–Crippen LogP) is 2.70. The summed E-state index contributed by atoms with van der Waals surface area (Å²) in [5, 5.41) is 5.00. The van der Waals surface area contributed by atoms with Crippen LogP contribution in [0.5, 0.6) is 5.75 Å². The minimum Gasteiger partial charge on any atom is -0.496 e. The first-order valence-electron chi connectivity index (χ1n) is 6.37. The average Bonchev–Trinajstić information content (AvgIpc) is 2.91. The molecule has 2 aromatic rings. The van der Waals surface area contributed by atoms with Crippen molar-refractivity contribution >= 4 is 22.9 Å². The van der Waals surface area contributed by atoms with Gasteiger partial charge >= 0.3 is 0 Å². The Bertz CT molecular complexity index is 582. The van der Waals surface area contributed by atoms with E-state index < -0.39 is 0 Å². The van der Waals surface area contributed by atoms with Crippen LogP contribution in [0.1, 0.15) is 22.2 Å². The molecular formula is C15H18N2O2S. The number of hydrogen-bond donors (Lipinski definition) is 2. The molecule has 1 amide bonds. The van der Waals surface area contributed by atoms with E-state index in [0.29, 0.717) is 17.0 Å². The summed E-state index contributed by atoms with van der Waals surface area (Å²) in [5.74, 6) is 0.359. The number of thiophene rings is 1. The lowest BCUT2D eigenvalue weighted by molar-refractivity contribution is 0.0937. The Morgan fingerprint density at radius 2 is 2.25 bits per heavy atom. The highest BCUT2D eigenvalue weighted by atomic mass is 32.1. The second-order valence-corrected chi connectivity index (χ2v) is 5.65. The normalized spacial score (nSPS) is 11.9. The SMILES string of the molecule is COc1ccc(N)cc1C(=O)NC(C)Cc1cccs1. The summed E-state index contributed by atoms with van der Waals surface area (Å²) in [4.78, 5) is 13.5. The Hall–Kier alpha value is -2.01. The van der Waals surface area contributed by atoms with Gasteiger partial charge in [0.15, 0.2) is 0 Å². The number of ether oxygens (including phenoxy) is 1. The number of benzene rings is 1. The van der Waals surface area contributed by atoms with Gasteiger partial charge in [0, 0.05) is 23.0 Å². The Morgan fingerprint density at radius 3 is 2.90 bits per heavy atom. The van der Waals surface area contributed by atoms with E-state index >= 15 is 0 Å². The lowest BCUT2D eigenvalue weighted by Crippen LogP contribution is -2.34. The molecule has 1 unspecified atom stereocenters. The zero-order chi connectivity index (χ0) is 14.5. The third kappa shape index (κ3) is 3.51. The van der Waals surface area contributed by atoms with Crippen LogP contribution in [0.25, 0.3) is 0 Å². The van der Waals surface area contributed by atoms with Crippen molar-refractivity contribution in [2.45, 2.75) is 19.4 Å². The molecule has 1 heterocycles. The van der Waals surface area contributed by atoms with E-state index in [1.165, 1.54) is 12.0 Å². The number of anilines is 1. The summed E-state index contributed by atoms with van der Waals surface area (Å²) < 4.78 is 5.19. The van der Waals surface area contributed by atoms with Crippen LogP contribution in [0.3, 0.4) is 0 Å². The number of methoxy groups -OCH3 is 1. The van der Waals surface area contributed by atoms with Crippen molar-refractivity contribution in [3.63, 3.8) is 0 Å². The molecule has 5 heteroatoms. The Balaban J connectivity index is 2.06. The van der Waals surface area contributed by atoms with Gasteiger partial charge in [0.1, 0.15) is 5.75 Å². The van der Waals surface area contributed by atoms with Crippen molar-refractivity contribution in [1.29, 1.82) is 0 Å². The summed E-state index contributed by atoms with van der Waals surface area (Å²) in [7, 11) is 1.54. The van der Waals surface area contributed by atoms with E-state index in [9.17, 15) is 4.79 Å². The first-order chi connectivity index (χ1) is 9.60. The van der Waals surface area contributed by atoms with Gasteiger partial charge in [-0.05, 0) is 36.6 Å². The molecule has 1 aromatic carbocycles. The summed E-state index contributed by atoms with van der Waals surface area (Å²) in [5.41, 5.74) is 6.73. The van der Waals surface area contributed by atoms with E-state index in [1.54, 1.807) is 29.5 Å². The smallest absolute Gasteiger partial charge is 0.255 e. The molecule has 0 aliphatic carbocycles. The zero-order valence-corrected chi connectivity index (χ0v) is 12.4. The van der Waals surface area contributed by atoms with Crippen molar-refractivity contribution in [1.82, 2.24) is 5.32 Å². The van der Waals surface area contributed by atoms with Gasteiger partial charge in [0.2, 0.25) is 0 Å². The quantitative estimate of drug-likeness (QED) is 0.832. The third-order valence-corrected chi connectivity index (χ3v) is 3.83. The number of nitrogens with one attached hydrogen (secondary N) is 1. The van der Waals surface area contributed by atoms with Crippen LogP contribution in [-0.2, 0) is 6.42 Å². The summed E-state index contributed by atoms with van der Waals surface area (Å²) in [6, 6.07) is 9.17. The molecule has 0 bridgehead atoms. The van der Waals surface area contributed by atoms with Gasteiger partial charge in [0.05, 0.1) is 12.7 Å². The van der Waals surface area contributed by atoms with Crippen LogP contribution >= 0.6 is 11.3 Å². The number of carbonyl (C=O) groups excluding carboxylic acids is 1. The van der Waals surface area contributed by atoms with Crippen LogP contribution in [0.15, 0.2) is 35.7 Å². The lowest BCUT2D eigenvalue weighted by Gasteiger charge is -2.15. The summed E-state index contributed by atoms with van der Waals surface area (Å²) in [6.07, 6.45) is 0.814. The minimum absolute atomic E-state index is 0.0484. The predicted molar refractivity (Wildman–Crippen MR) is 82.4 cm³/mol. The minimum atomic E-state index is -0.168. The first kappa shape index (κ1) is 14.4.